The highest BCUT2D eigenvalue weighted by atomic mass is 32.2. The molecule has 0 radical (unpaired) electrons. The number of nitrogens with zero attached hydrogens (tertiary/aromatic N) is 1. The number of carboxylic acid groups (broad SMARTS) is 1. The smallest absolute Gasteiger partial charge is 0.358 e. The highest BCUT2D eigenvalue weighted by Gasteiger charge is 2.21. The van der Waals surface area contributed by atoms with Crippen LogP contribution in [0.5, 0.6) is 0 Å². The first-order chi connectivity index (χ1) is 8.63. The number of thioether (sulfide) groups is 1. The molecule has 3 N–H and O–H groups in total. The molecule has 6 heteroatoms. The van der Waals surface area contributed by atoms with Gasteiger partial charge in [0.15, 0.2) is 0 Å². The van der Waals surface area contributed by atoms with E-state index < -0.39 is 5.97 Å². The van der Waals surface area contributed by atoms with Crippen LogP contribution in [0.2, 0.25) is 0 Å². The zero-order valence-corrected chi connectivity index (χ0v) is 10.5. The molecule has 0 saturated carbocycles. The Balaban J connectivity index is 2.42. The maximum Gasteiger partial charge on any atom is 0.358 e. The molecule has 1 aromatic heterocycles. The van der Waals surface area contributed by atoms with Crippen LogP contribution >= 0.6 is 11.8 Å². The highest BCUT2D eigenvalue weighted by Crippen LogP contribution is 2.31. The second-order valence-corrected chi connectivity index (χ2v) is 4.87. The fraction of sp³-hybridized carbons (Fsp3) is 0.167. The summed E-state index contributed by atoms with van der Waals surface area (Å²) in [6, 6.07) is 7.46. The van der Waals surface area contributed by atoms with Gasteiger partial charge in [0, 0.05) is 4.90 Å². The van der Waals surface area contributed by atoms with Gasteiger partial charge in [-0.15, -0.1) is 11.8 Å². The third kappa shape index (κ3) is 2.33. The second kappa shape index (κ2) is 5.14. The van der Waals surface area contributed by atoms with Gasteiger partial charge in [0.1, 0.15) is 0 Å². The number of aromatic carboxylic acids is 1. The van der Waals surface area contributed by atoms with Gasteiger partial charge in [-0.1, -0.05) is 24.2 Å². The molecule has 0 saturated heterocycles. The number of nitrogens with two attached hydrogens (primary N) is 1. The minimum absolute atomic E-state index is 0.0169. The van der Waals surface area contributed by atoms with Crippen LogP contribution in [0, 0.1) is 0 Å². The minimum Gasteiger partial charge on any atom is -0.476 e. The standard InChI is InChI=1S/C12H12N2O3S/c1-2-18-8-5-3-7(4-6-8)9-10(12(15)16)14-17-11(9)13/h3-6H,2,13H2,1H3,(H,15,16). The van der Waals surface area contributed by atoms with Crippen molar-refractivity contribution in [2.75, 3.05) is 11.5 Å². The number of hydrogen-bond acceptors (Lipinski definition) is 5. The molecule has 2 rings (SSSR count). The van der Waals surface area contributed by atoms with Gasteiger partial charge in [0.05, 0.1) is 5.56 Å². The summed E-state index contributed by atoms with van der Waals surface area (Å²) in [7, 11) is 0. The van der Waals surface area contributed by atoms with Crippen molar-refractivity contribution in [1.82, 2.24) is 5.16 Å². The molecule has 0 aliphatic rings. The summed E-state index contributed by atoms with van der Waals surface area (Å²) < 4.78 is 4.73. The molecule has 5 nitrogen and oxygen atoms in total. The first kappa shape index (κ1) is 12.5. The predicted molar refractivity (Wildman–Crippen MR) is 69.7 cm³/mol. The van der Waals surface area contributed by atoms with Crippen molar-refractivity contribution >= 4 is 23.6 Å². The average Bonchev–Trinajstić information content (AvgIpc) is 2.73. The average molecular weight is 264 g/mol. The van der Waals surface area contributed by atoms with Crippen LogP contribution in [0.3, 0.4) is 0 Å². The SMILES string of the molecule is CCSc1ccc(-c2c(C(=O)O)noc2N)cc1. The molecular formula is C12H12N2O3S. The molecule has 0 atom stereocenters. The van der Waals surface area contributed by atoms with Gasteiger partial charge >= 0.3 is 5.97 Å². The normalized spacial score (nSPS) is 10.5. The number of carbonyl (C=O) groups is 1. The Labute approximate surface area is 108 Å². The van der Waals surface area contributed by atoms with E-state index in [-0.39, 0.29) is 11.6 Å². The van der Waals surface area contributed by atoms with Crippen LogP contribution in [0.4, 0.5) is 5.88 Å². The number of aromatic nitrogens is 1. The molecular weight excluding hydrogens is 252 g/mol. The van der Waals surface area contributed by atoms with Gasteiger partial charge in [0.2, 0.25) is 11.6 Å². The van der Waals surface area contributed by atoms with Gasteiger partial charge in [-0.2, -0.15) is 0 Å². The van der Waals surface area contributed by atoms with Crippen molar-refractivity contribution in [3.8, 4) is 11.1 Å². The van der Waals surface area contributed by atoms with Crippen molar-refractivity contribution in [2.24, 2.45) is 0 Å². The molecule has 18 heavy (non-hydrogen) atoms. The van der Waals surface area contributed by atoms with Crippen molar-refractivity contribution in [2.45, 2.75) is 11.8 Å². The van der Waals surface area contributed by atoms with Crippen molar-refractivity contribution in [1.29, 1.82) is 0 Å². The van der Waals surface area contributed by atoms with Crippen LogP contribution in [0.15, 0.2) is 33.7 Å². The summed E-state index contributed by atoms with van der Waals surface area (Å²) in [6.45, 7) is 2.07. The van der Waals surface area contributed by atoms with Gasteiger partial charge in [-0.05, 0) is 23.4 Å². The fourth-order valence-corrected chi connectivity index (χ4v) is 2.27. The first-order valence-corrected chi connectivity index (χ1v) is 6.33. The second-order valence-electron chi connectivity index (χ2n) is 3.53. The van der Waals surface area contributed by atoms with E-state index in [9.17, 15) is 4.79 Å². The molecule has 0 fully saturated rings. The Morgan fingerprint density at radius 3 is 2.67 bits per heavy atom. The summed E-state index contributed by atoms with van der Waals surface area (Å²) in [4.78, 5) is 12.1. The van der Waals surface area contributed by atoms with Crippen LogP contribution in [0.1, 0.15) is 17.4 Å². The monoisotopic (exact) mass is 264 g/mol. The third-order valence-corrected chi connectivity index (χ3v) is 3.27. The van der Waals surface area contributed by atoms with E-state index >= 15 is 0 Å². The molecule has 0 aliphatic carbocycles. The van der Waals surface area contributed by atoms with E-state index in [0.29, 0.717) is 11.1 Å². The number of hydrogen-bond donors (Lipinski definition) is 2. The summed E-state index contributed by atoms with van der Waals surface area (Å²) in [5, 5.41) is 12.4. The van der Waals surface area contributed by atoms with E-state index in [0.717, 1.165) is 10.6 Å². The Hall–Kier alpha value is -1.95. The molecule has 0 aliphatic heterocycles. The predicted octanol–water partition coefficient (Wildman–Crippen LogP) is 2.73. The van der Waals surface area contributed by atoms with E-state index in [4.69, 9.17) is 15.4 Å². The van der Waals surface area contributed by atoms with Crippen molar-refractivity contribution in [3.63, 3.8) is 0 Å². The Morgan fingerprint density at radius 1 is 1.44 bits per heavy atom. The lowest BCUT2D eigenvalue weighted by Crippen LogP contribution is -1.99. The zero-order valence-electron chi connectivity index (χ0n) is 9.71. The number of nitrogen functional groups attached to an aromatic ring is 1. The summed E-state index contributed by atoms with van der Waals surface area (Å²) in [5.74, 6) is -0.157. The number of anilines is 1. The first-order valence-electron chi connectivity index (χ1n) is 5.35. The third-order valence-electron chi connectivity index (χ3n) is 2.38. The lowest BCUT2D eigenvalue weighted by atomic mass is 10.1. The number of rotatable bonds is 4. The Kier molecular flexibility index (Phi) is 3.57. The van der Waals surface area contributed by atoms with E-state index in [1.54, 1.807) is 11.8 Å². The topological polar surface area (TPSA) is 89.3 Å². The number of carboxylic acids is 1. The highest BCUT2D eigenvalue weighted by molar-refractivity contribution is 7.99. The Morgan fingerprint density at radius 2 is 2.11 bits per heavy atom. The van der Waals surface area contributed by atoms with Crippen LogP contribution in [-0.2, 0) is 0 Å². The zero-order chi connectivity index (χ0) is 13.1. The summed E-state index contributed by atoms with van der Waals surface area (Å²) in [6.07, 6.45) is 0. The molecule has 0 unspecified atom stereocenters. The molecule has 1 heterocycles. The minimum atomic E-state index is -1.16. The summed E-state index contributed by atoms with van der Waals surface area (Å²) >= 11 is 1.71. The molecule has 1 aromatic carbocycles. The Bertz CT molecular complexity index is 563. The van der Waals surface area contributed by atoms with E-state index in [1.807, 2.05) is 24.3 Å². The van der Waals surface area contributed by atoms with Gasteiger partial charge in [0.25, 0.3) is 0 Å². The van der Waals surface area contributed by atoms with Gasteiger partial charge < -0.3 is 15.4 Å². The van der Waals surface area contributed by atoms with Crippen LogP contribution in [0.25, 0.3) is 11.1 Å². The largest absolute Gasteiger partial charge is 0.476 e. The molecule has 0 spiro atoms. The quantitative estimate of drug-likeness (QED) is 0.825. The van der Waals surface area contributed by atoms with Crippen LogP contribution in [-0.4, -0.2) is 22.0 Å². The lowest BCUT2D eigenvalue weighted by molar-refractivity contribution is 0.0686. The van der Waals surface area contributed by atoms with Gasteiger partial charge in [-0.25, -0.2) is 4.79 Å². The maximum atomic E-state index is 11.0. The molecule has 94 valence electrons. The van der Waals surface area contributed by atoms with Gasteiger partial charge in [-0.3, -0.25) is 0 Å². The summed E-state index contributed by atoms with van der Waals surface area (Å²) in [5.41, 5.74) is 6.46. The fourth-order valence-electron chi connectivity index (χ4n) is 1.61. The lowest BCUT2D eigenvalue weighted by Gasteiger charge is -2.02. The molecule has 2 aromatic rings. The van der Waals surface area contributed by atoms with Crippen molar-refractivity contribution in [3.05, 3.63) is 30.0 Å². The number of benzene rings is 1. The molecule has 0 amide bonds. The van der Waals surface area contributed by atoms with Crippen molar-refractivity contribution < 1.29 is 14.4 Å². The molecule has 0 bridgehead atoms. The maximum absolute atomic E-state index is 11.0. The van der Waals surface area contributed by atoms with E-state index in [2.05, 4.69) is 12.1 Å². The van der Waals surface area contributed by atoms with Crippen LogP contribution < -0.4 is 5.73 Å². The van der Waals surface area contributed by atoms with E-state index in [1.165, 1.54) is 0 Å².